The number of carboxylic acids is 1. The Hall–Kier alpha value is -3.45. The molecule has 0 radical (unpaired) electrons. The number of carboxylic acid groups (broad SMARTS) is 1. The minimum Gasteiger partial charge on any atom is -0.478 e. The number of benzene rings is 2. The Kier molecular flexibility index (Phi) is 4.01. The molecule has 0 spiro atoms. The molecule has 1 N–H and O–H groups in total. The summed E-state index contributed by atoms with van der Waals surface area (Å²) >= 11 is 0. The molecule has 0 fully saturated rings. The highest BCUT2D eigenvalue weighted by Gasteiger charge is 2.20. The molecule has 0 atom stereocenters. The maximum atomic E-state index is 14.0. The fraction of sp³-hybridized carbons (Fsp3) is 0. The van der Waals surface area contributed by atoms with Crippen LogP contribution < -0.4 is 4.74 Å². The van der Waals surface area contributed by atoms with Crippen LogP contribution >= 0.6 is 0 Å². The van der Waals surface area contributed by atoms with E-state index in [1.54, 1.807) is 0 Å². The molecule has 22 heavy (non-hydrogen) atoms. The minimum atomic E-state index is -1.16. The second-order valence-corrected chi connectivity index (χ2v) is 4.08. The van der Waals surface area contributed by atoms with Crippen molar-refractivity contribution in [3.63, 3.8) is 0 Å². The van der Waals surface area contributed by atoms with Crippen molar-refractivity contribution in [3.8, 4) is 23.6 Å². The number of aromatic carboxylic acids is 1. The van der Waals surface area contributed by atoms with E-state index in [1.165, 1.54) is 36.4 Å². The average Bonchev–Trinajstić information content (AvgIpc) is 2.50. The largest absolute Gasteiger partial charge is 0.478 e. The van der Waals surface area contributed by atoms with E-state index in [2.05, 4.69) is 0 Å². The molecule has 5 nitrogen and oxygen atoms in total. The third-order valence-corrected chi connectivity index (χ3v) is 2.74. The first-order valence-corrected chi connectivity index (χ1v) is 5.81. The van der Waals surface area contributed by atoms with E-state index >= 15 is 0 Å². The molecule has 0 saturated heterocycles. The van der Waals surface area contributed by atoms with Crippen LogP contribution in [0.15, 0.2) is 30.3 Å². The SMILES string of the molecule is N#Cc1c(F)cc(Oc2ccc(C(=O)O)cc2)c(F)c1C#N. The predicted molar refractivity (Wildman–Crippen MR) is 69.3 cm³/mol. The maximum Gasteiger partial charge on any atom is 0.335 e. The normalized spacial score (nSPS) is 9.64. The van der Waals surface area contributed by atoms with Crippen molar-refractivity contribution >= 4 is 5.97 Å². The van der Waals surface area contributed by atoms with Crippen LogP contribution in [0, 0.1) is 34.3 Å². The van der Waals surface area contributed by atoms with Gasteiger partial charge < -0.3 is 9.84 Å². The highest BCUT2D eigenvalue weighted by atomic mass is 19.1. The highest BCUT2D eigenvalue weighted by Crippen LogP contribution is 2.30. The van der Waals surface area contributed by atoms with Crippen molar-refractivity contribution in [2.45, 2.75) is 0 Å². The smallest absolute Gasteiger partial charge is 0.335 e. The summed E-state index contributed by atoms with van der Waals surface area (Å²) in [5.41, 5.74) is -1.45. The summed E-state index contributed by atoms with van der Waals surface area (Å²) in [5, 5.41) is 26.3. The lowest BCUT2D eigenvalue weighted by atomic mass is 10.1. The van der Waals surface area contributed by atoms with Crippen LogP contribution in [0.1, 0.15) is 21.5 Å². The molecule has 2 aromatic rings. The Morgan fingerprint density at radius 3 is 2.18 bits per heavy atom. The summed E-state index contributed by atoms with van der Waals surface area (Å²) in [5.74, 6) is -3.91. The van der Waals surface area contributed by atoms with Gasteiger partial charge in [-0.1, -0.05) is 0 Å². The van der Waals surface area contributed by atoms with E-state index < -0.39 is 34.5 Å². The number of halogens is 2. The van der Waals surface area contributed by atoms with Gasteiger partial charge in [0.15, 0.2) is 11.6 Å². The molecule has 0 aromatic heterocycles. The third-order valence-electron chi connectivity index (χ3n) is 2.74. The second-order valence-electron chi connectivity index (χ2n) is 4.08. The zero-order valence-electron chi connectivity index (χ0n) is 10.8. The number of hydrogen-bond acceptors (Lipinski definition) is 4. The van der Waals surface area contributed by atoms with Crippen molar-refractivity contribution in [2.75, 3.05) is 0 Å². The third kappa shape index (κ3) is 2.69. The van der Waals surface area contributed by atoms with Gasteiger partial charge in [-0.15, -0.1) is 0 Å². The summed E-state index contributed by atoms with van der Waals surface area (Å²) in [6.07, 6.45) is 0. The Bertz CT molecular complexity index is 834. The molecule has 0 saturated carbocycles. The van der Waals surface area contributed by atoms with Gasteiger partial charge in [-0.05, 0) is 24.3 Å². The first-order chi connectivity index (χ1) is 10.5. The van der Waals surface area contributed by atoms with Gasteiger partial charge in [0.05, 0.1) is 5.56 Å². The van der Waals surface area contributed by atoms with Gasteiger partial charge in [-0.25, -0.2) is 13.6 Å². The fourth-order valence-electron chi connectivity index (χ4n) is 1.68. The molecule has 0 amide bonds. The molecular formula is C15H6F2N2O3. The minimum absolute atomic E-state index is 0.00320. The number of carbonyl (C=O) groups is 1. The van der Waals surface area contributed by atoms with Gasteiger partial charge in [0.25, 0.3) is 0 Å². The van der Waals surface area contributed by atoms with Gasteiger partial charge in [0, 0.05) is 6.07 Å². The van der Waals surface area contributed by atoms with Gasteiger partial charge in [0.2, 0.25) is 0 Å². The Morgan fingerprint density at radius 2 is 1.68 bits per heavy atom. The van der Waals surface area contributed by atoms with Crippen LogP contribution in [0.25, 0.3) is 0 Å². The van der Waals surface area contributed by atoms with Gasteiger partial charge in [0.1, 0.15) is 34.8 Å². The lowest BCUT2D eigenvalue weighted by Gasteiger charge is -2.09. The molecule has 2 rings (SSSR count). The van der Waals surface area contributed by atoms with Crippen LogP contribution in [0.5, 0.6) is 11.5 Å². The van der Waals surface area contributed by atoms with Crippen LogP contribution in [0.3, 0.4) is 0 Å². The lowest BCUT2D eigenvalue weighted by Crippen LogP contribution is -1.99. The molecule has 7 heteroatoms. The van der Waals surface area contributed by atoms with Crippen molar-refractivity contribution in [2.24, 2.45) is 0 Å². The monoisotopic (exact) mass is 300 g/mol. The van der Waals surface area contributed by atoms with E-state index in [4.69, 9.17) is 20.4 Å². The molecule has 0 aliphatic rings. The quantitative estimate of drug-likeness (QED) is 0.939. The number of rotatable bonds is 3. The molecular weight excluding hydrogens is 294 g/mol. The van der Waals surface area contributed by atoms with Crippen molar-refractivity contribution in [3.05, 3.63) is 58.7 Å². The van der Waals surface area contributed by atoms with Crippen LogP contribution in [0.2, 0.25) is 0 Å². The molecule has 2 aromatic carbocycles. The number of nitrogens with zero attached hydrogens (tertiary/aromatic N) is 2. The summed E-state index contributed by atoms with van der Waals surface area (Å²) in [4.78, 5) is 10.7. The topological polar surface area (TPSA) is 94.1 Å². The van der Waals surface area contributed by atoms with Crippen LogP contribution in [0.4, 0.5) is 8.78 Å². The maximum absolute atomic E-state index is 14.0. The Morgan fingerprint density at radius 1 is 1.09 bits per heavy atom. The fourth-order valence-corrected chi connectivity index (χ4v) is 1.68. The average molecular weight is 300 g/mol. The van der Waals surface area contributed by atoms with E-state index in [0.29, 0.717) is 6.07 Å². The highest BCUT2D eigenvalue weighted by molar-refractivity contribution is 5.87. The van der Waals surface area contributed by atoms with Gasteiger partial charge in [-0.2, -0.15) is 10.5 Å². The van der Waals surface area contributed by atoms with Crippen LogP contribution in [-0.4, -0.2) is 11.1 Å². The summed E-state index contributed by atoms with van der Waals surface area (Å²) in [7, 11) is 0. The summed E-state index contributed by atoms with van der Waals surface area (Å²) in [6, 6.07) is 8.43. The van der Waals surface area contributed by atoms with Crippen molar-refractivity contribution in [1.82, 2.24) is 0 Å². The first-order valence-electron chi connectivity index (χ1n) is 5.81. The zero-order chi connectivity index (χ0) is 16.3. The summed E-state index contributed by atoms with van der Waals surface area (Å²) < 4.78 is 32.8. The molecule has 0 aliphatic heterocycles. The Labute approximate surface area is 123 Å². The van der Waals surface area contributed by atoms with Gasteiger partial charge >= 0.3 is 5.97 Å². The molecule has 108 valence electrons. The van der Waals surface area contributed by atoms with Crippen LogP contribution in [-0.2, 0) is 0 Å². The van der Waals surface area contributed by atoms with Gasteiger partial charge in [-0.3, -0.25) is 0 Å². The number of ether oxygens (including phenoxy) is 1. The standard InChI is InChI=1S/C15H6F2N2O3/c16-12-5-13(14(17)11(7-19)10(12)6-18)22-9-3-1-8(2-4-9)15(20)21/h1-5H,(H,20,21). The molecule has 0 bridgehead atoms. The van der Waals surface area contributed by atoms with E-state index in [9.17, 15) is 13.6 Å². The lowest BCUT2D eigenvalue weighted by molar-refractivity contribution is 0.0697. The molecule has 0 aliphatic carbocycles. The van der Waals surface area contributed by atoms with Crippen molar-refractivity contribution < 1.29 is 23.4 Å². The Balaban J connectivity index is 2.43. The number of hydrogen-bond donors (Lipinski definition) is 1. The predicted octanol–water partition coefficient (Wildman–Crippen LogP) is 3.20. The van der Waals surface area contributed by atoms with Crippen molar-refractivity contribution in [1.29, 1.82) is 10.5 Å². The van der Waals surface area contributed by atoms with E-state index in [1.807, 2.05) is 0 Å². The molecule has 0 heterocycles. The second kappa shape index (κ2) is 5.90. The van der Waals surface area contributed by atoms with E-state index in [0.717, 1.165) is 0 Å². The first kappa shape index (κ1) is 14.9. The number of nitriles is 2. The molecule has 0 unspecified atom stereocenters. The zero-order valence-corrected chi connectivity index (χ0v) is 10.8. The van der Waals surface area contributed by atoms with E-state index in [-0.39, 0.29) is 11.3 Å². The summed E-state index contributed by atoms with van der Waals surface area (Å²) in [6.45, 7) is 0.